The number of halogens is 1. The van der Waals surface area contributed by atoms with Crippen molar-refractivity contribution in [3.05, 3.63) is 34.9 Å². The monoisotopic (exact) mass is 209 g/mol. The highest BCUT2D eigenvalue weighted by Gasteiger charge is 2.32. The zero-order valence-corrected chi connectivity index (χ0v) is 9.17. The number of hydrogen-bond acceptors (Lipinski definition) is 1. The molecule has 1 atom stereocenters. The van der Waals surface area contributed by atoms with Gasteiger partial charge in [-0.2, -0.15) is 0 Å². The summed E-state index contributed by atoms with van der Waals surface area (Å²) in [6.07, 6.45) is 2.47. The zero-order valence-electron chi connectivity index (χ0n) is 8.41. The van der Waals surface area contributed by atoms with Crippen molar-refractivity contribution in [2.24, 2.45) is 11.7 Å². The van der Waals surface area contributed by atoms with Crippen molar-refractivity contribution in [3.63, 3.8) is 0 Å². The molecule has 14 heavy (non-hydrogen) atoms. The van der Waals surface area contributed by atoms with Gasteiger partial charge in [0.1, 0.15) is 0 Å². The van der Waals surface area contributed by atoms with Gasteiger partial charge in [-0.15, -0.1) is 0 Å². The van der Waals surface area contributed by atoms with Gasteiger partial charge in [0.2, 0.25) is 0 Å². The summed E-state index contributed by atoms with van der Waals surface area (Å²) < 4.78 is 0. The first kappa shape index (κ1) is 10.0. The van der Waals surface area contributed by atoms with Gasteiger partial charge in [-0.1, -0.05) is 23.7 Å². The summed E-state index contributed by atoms with van der Waals surface area (Å²) in [6, 6.07) is 8.54. The van der Waals surface area contributed by atoms with E-state index in [1.165, 1.54) is 18.4 Å². The maximum absolute atomic E-state index is 5.84. The molecule has 0 bridgehead atoms. The topological polar surface area (TPSA) is 26.0 Å². The molecule has 0 spiro atoms. The Bertz CT molecular complexity index is 299. The summed E-state index contributed by atoms with van der Waals surface area (Å²) in [5.41, 5.74) is 7.25. The molecule has 1 aliphatic carbocycles. The summed E-state index contributed by atoms with van der Waals surface area (Å²) >= 11 is 5.84. The molecule has 0 radical (unpaired) electrons. The van der Waals surface area contributed by atoms with Crippen LogP contribution in [0.3, 0.4) is 0 Å². The average molecular weight is 210 g/mol. The van der Waals surface area contributed by atoms with Crippen LogP contribution in [-0.2, 0) is 0 Å². The Kier molecular flexibility index (Phi) is 2.80. The first-order chi connectivity index (χ1) is 6.66. The Labute approximate surface area is 90.3 Å². The third-order valence-electron chi connectivity index (χ3n) is 3.26. The molecule has 0 amide bonds. The minimum atomic E-state index is 0.346. The zero-order chi connectivity index (χ0) is 10.1. The van der Waals surface area contributed by atoms with Gasteiger partial charge in [-0.05, 0) is 49.3 Å². The fraction of sp³-hybridized carbons (Fsp3) is 0.500. The first-order valence-corrected chi connectivity index (χ1v) is 5.55. The van der Waals surface area contributed by atoms with E-state index in [4.69, 9.17) is 17.3 Å². The molecule has 0 saturated heterocycles. The van der Waals surface area contributed by atoms with Gasteiger partial charge < -0.3 is 5.73 Å². The summed E-state index contributed by atoms with van der Waals surface area (Å²) in [7, 11) is 0. The Morgan fingerprint density at radius 2 is 1.86 bits per heavy atom. The van der Waals surface area contributed by atoms with Gasteiger partial charge >= 0.3 is 0 Å². The molecule has 0 aromatic heterocycles. The first-order valence-electron chi connectivity index (χ1n) is 5.18. The van der Waals surface area contributed by atoms with Crippen LogP contribution in [0.2, 0.25) is 5.02 Å². The van der Waals surface area contributed by atoms with E-state index in [1.54, 1.807) is 0 Å². The summed E-state index contributed by atoms with van der Waals surface area (Å²) in [4.78, 5) is 0. The van der Waals surface area contributed by atoms with E-state index in [0.29, 0.717) is 12.0 Å². The highest BCUT2D eigenvalue weighted by molar-refractivity contribution is 6.30. The highest BCUT2D eigenvalue weighted by atomic mass is 35.5. The van der Waals surface area contributed by atoms with Crippen LogP contribution in [0.25, 0.3) is 0 Å². The molecule has 1 aromatic carbocycles. The van der Waals surface area contributed by atoms with Crippen molar-refractivity contribution in [2.45, 2.75) is 31.7 Å². The van der Waals surface area contributed by atoms with Gasteiger partial charge in [0, 0.05) is 11.1 Å². The van der Waals surface area contributed by atoms with E-state index in [9.17, 15) is 0 Å². The quantitative estimate of drug-likeness (QED) is 0.796. The summed E-state index contributed by atoms with van der Waals surface area (Å²) in [5.74, 6) is 1.43. The van der Waals surface area contributed by atoms with E-state index in [1.807, 2.05) is 12.1 Å². The van der Waals surface area contributed by atoms with Crippen LogP contribution in [0.15, 0.2) is 24.3 Å². The fourth-order valence-corrected chi connectivity index (χ4v) is 2.22. The van der Waals surface area contributed by atoms with Crippen LogP contribution in [0.4, 0.5) is 0 Å². The lowest BCUT2D eigenvalue weighted by atomic mass is 9.69. The van der Waals surface area contributed by atoms with Crippen LogP contribution in [0, 0.1) is 5.92 Å². The summed E-state index contributed by atoms with van der Waals surface area (Å²) in [5, 5.41) is 0.816. The summed E-state index contributed by atoms with van der Waals surface area (Å²) in [6.45, 7) is 2.10. The van der Waals surface area contributed by atoms with Gasteiger partial charge in [-0.3, -0.25) is 0 Å². The van der Waals surface area contributed by atoms with Crippen LogP contribution in [0.5, 0.6) is 0 Å². The minimum absolute atomic E-state index is 0.346. The van der Waals surface area contributed by atoms with Crippen molar-refractivity contribution in [1.29, 1.82) is 0 Å². The van der Waals surface area contributed by atoms with Crippen LogP contribution in [-0.4, -0.2) is 6.04 Å². The molecule has 2 heteroatoms. The van der Waals surface area contributed by atoms with E-state index in [2.05, 4.69) is 19.1 Å². The lowest BCUT2D eigenvalue weighted by Gasteiger charge is -2.38. The van der Waals surface area contributed by atoms with Crippen molar-refractivity contribution in [1.82, 2.24) is 0 Å². The molecule has 0 aliphatic heterocycles. The van der Waals surface area contributed by atoms with E-state index in [-0.39, 0.29) is 0 Å². The molecule has 1 aliphatic rings. The molecular weight excluding hydrogens is 194 g/mol. The number of hydrogen-bond donors (Lipinski definition) is 1. The maximum atomic E-state index is 5.84. The Balaban J connectivity index is 1.96. The molecule has 76 valence electrons. The fourth-order valence-electron chi connectivity index (χ4n) is 2.10. The van der Waals surface area contributed by atoms with Crippen molar-refractivity contribution in [3.8, 4) is 0 Å². The van der Waals surface area contributed by atoms with Crippen LogP contribution < -0.4 is 5.73 Å². The molecule has 1 unspecified atom stereocenters. The van der Waals surface area contributed by atoms with E-state index in [0.717, 1.165) is 10.9 Å². The van der Waals surface area contributed by atoms with Gasteiger partial charge in [-0.25, -0.2) is 0 Å². The Hall–Kier alpha value is -0.530. The highest BCUT2D eigenvalue weighted by Crippen LogP contribution is 2.42. The molecule has 1 saturated carbocycles. The molecule has 1 fully saturated rings. The predicted molar refractivity (Wildman–Crippen MR) is 60.6 cm³/mol. The maximum Gasteiger partial charge on any atom is 0.0406 e. The third-order valence-corrected chi connectivity index (χ3v) is 3.51. The lowest BCUT2D eigenvalue weighted by Crippen LogP contribution is -2.35. The Morgan fingerprint density at radius 3 is 2.36 bits per heavy atom. The number of rotatable bonds is 2. The molecule has 2 N–H and O–H groups in total. The molecule has 1 nitrogen and oxygen atoms in total. The second-order valence-corrected chi connectivity index (χ2v) is 4.78. The minimum Gasteiger partial charge on any atom is -0.328 e. The van der Waals surface area contributed by atoms with E-state index >= 15 is 0 Å². The normalized spacial score (nSPS) is 28.2. The van der Waals surface area contributed by atoms with Crippen molar-refractivity contribution < 1.29 is 0 Å². The molecular formula is C12H16ClN. The largest absolute Gasteiger partial charge is 0.328 e. The third kappa shape index (κ3) is 1.94. The van der Waals surface area contributed by atoms with Crippen LogP contribution >= 0.6 is 11.6 Å². The van der Waals surface area contributed by atoms with Crippen molar-refractivity contribution >= 4 is 11.6 Å². The smallest absolute Gasteiger partial charge is 0.0406 e. The second kappa shape index (κ2) is 3.92. The predicted octanol–water partition coefficient (Wildman–Crippen LogP) is 3.18. The SMILES string of the molecule is CC(N)C1CC(c2ccc(Cl)cc2)C1. The van der Waals surface area contributed by atoms with Gasteiger partial charge in [0.15, 0.2) is 0 Å². The molecule has 2 rings (SSSR count). The van der Waals surface area contributed by atoms with E-state index < -0.39 is 0 Å². The molecule has 0 heterocycles. The number of benzene rings is 1. The van der Waals surface area contributed by atoms with Gasteiger partial charge in [0.25, 0.3) is 0 Å². The number of nitrogens with two attached hydrogens (primary N) is 1. The lowest BCUT2D eigenvalue weighted by molar-refractivity contribution is 0.229. The van der Waals surface area contributed by atoms with Gasteiger partial charge in [0.05, 0.1) is 0 Å². The second-order valence-electron chi connectivity index (χ2n) is 4.34. The molecule has 1 aromatic rings. The standard InChI is InChI=1S/C12H16ClN/c1-8(14)10-6-11(7-10)9-2-4-12(13)5-3-9/h2-5,8,10-11H,6-7,14H2,1H3. The Morgan fingerprint density at radius 1 is 1.29 bits per heavy atom. The van der Waals surface area contributed by atoms with Crippen LogP contribution in [0.1, 0.15) is 31.2 Å². The van der Waals surface area contributed by atoms with Crippen molar-refractivity contribution in [2.75, 3.05) is 0 Å². The average Bonchev–Trinajstić information content (AvgIpc) is 2.05.